The van der Waals surface area contributed by atoms with E-state index in [9.17, 15) is 19.7 Å². The number of carbonyl (C=O) groups is 2. The minimum absolute atomic E-state index is 0.0462. The van der Waals surface area contributed by atoms with E-state index in [4.69, 9.17) is 0 Å². The number of nitro benzene ring substituents is 1. The smallest absolute Gasteiger partial charge is 0.409 e. The molecule has 1 heterocycles. The number of nitrogens with zero attached hydrogens (tertiary/aromatic N) is 3. The average Bonchev–Trinajstić information content (AvgIpc) is 2.60. The Morgan fingerprint density at radius 3 is 2.76 bits per heavy atom. The summed E-state index contributed by atoms with van der Waals surface area (Å²) in [5.74, 6) is -0.0164. The van der Waals surface area contributed by atoms with Crippen LogP contribution in [0.3, 0.4) is 0 Å². The van der Waals surface area contributed by atoms with Gasteiger partial charge in [-0.25, -0.2) is 9.78 Å². The fourth-order valence-electron chi connectivity index (χ4n) is 2.37. The second-order valence-corrected chi connectivity index (χ2v) is 5.33. The van der Waals surface area contributed by atoms with Gasteiger partial charge in [0.15, 0.2) is 0 Å². The number of ether oxygens (including phenoxy) is 1. The Kier molecular flexibility index (Phi) is 5.83. The zero-order valence-electron chi connectivity index (χ0n) is 13.9. The molecule has 0 saturated carbocycles. The third-order valence-electron chi connectivity index (χ3n) is 3.62. The third kappa shape index (κ3) is 4.40. The summed E-state index contributed by atoms with van der Waals surface area (Å²) >= 11 is 0. The fourth-order valence-corrected chi connectivity index (χ4v) is 2.37. The van der Waals surface area contributed by atoms with Crippen LogP contribution in [0.15, 0.2) is 30.5 Å². The van der Waals surface area contributed by atoms with Crippen LogP contribution in [0.2, 0.25) is 0 Å². The molecule has 1 aromatic carbocycles. The number of nitro groups is 1. The van der Waals surface area contributed by atoms with Gasteiger partial charge < -0.3 is 15.0 Å². The van der Waals surface area contributed by atoms with Crippen LogP contribution < -0.4 is 5.32 Å². The van der Waals surface area contributed by atoms with Crippen LogP contribution in [0.1, 0.15) is 12.8 Å². The fraction of sp³-hybridized carbons (Fsp3) is 0.312. The van der Waals surface area contributed by atoms with E-state index in [0.29, 0.717) is 23.7 Å². The summed E-state index contributed by atoms with van der Waals surface area (Å²) in [7, 11) is 2.87. The molecular weight excluding hydrogens is 328 g/mol. The van der Waals surface area contributed by atoms with E-state index in [1.807, 2.05) is 0 Å². The van der Waals surface area contributed by atoms with E-state index in [2.05, 4.69) is 15.0 Å². The first-order chi connectivity index (χ1) is 11.9. The lowest BCUT2D eigenvalue weighted by Crippen LogP contribution is -2.28. The average molecular weight is 346 g/mol. The zero-order valence-corrected chi connectivity index (χ0v) is 13.9. The molecule has 1 aromatic heterocycles. The summed E-state index contributed by atoms with van der Waals surface area (Å²) in [6, 6.07) is 6.14. The molecule has 132 valence electrons. The summed E-state index contributed by atoms with van der Waals surface area (Å²) in [4.78, 5) is 39.4. The summed E-state index contributed by atoms with van der Waals surface area (Å²) < 4.78 is 4.57. The van der Waals surface area contributed by atoms with Crippen molar-refractivity contribution in [3.63, 3.8) is 0 Å². The molecule has 9 heteroatoms. The van der Waals surface area contributed by atoms with Crippen molar-refractivity contribution in [3.8, 4) is 0 Å². The van der Waals surface area contributed by atoms with E-state index in [0.717, 1.165) is 0 Å². The lowest BCUT2D eigenvalue weighted by molar-refractivity contribution is -0.383. The highest BCUT2D eigenvalue weighted by atomic mass is 16.6. The maximum Gasteiger partial charge on any atom is 0.409 e. The van der Waals surface area contributed by atoms with Gasteiger partial charge >= 0.3 is 6.09 Å². The third-order valence-corrected chi connectivity index (χ3v) is 3.62. The Balaban J connectivity index is 2.05. The molecule has 2 amide bonds. The molecule has 9 nitrogen and oxygen atoms in total. The Morgan fingerprint density at radius 1 is 1.32 bits per heavy atom. The molecule has 0 fully saturated rings. The number of hydrogen-bond donors (Lipinski definition) is 1. The van der Waals surface area contributed by atoms with E-state index in [1.165, 1.54) is 30.3 Å². The number of fused-ring (bicyclic) bond motifs is 1. The van der Waals surface area contributed by atoms with Gasteiger partial charge in [0, 0.05) is 37.7 Å². The van der Waals surface area contributed by atoms with Crippen LogP contribution in [-0.4, -0.2) is 47.5 Å². The predicted molar refractivity (Wildman–Crippen MR) is 91.3 cm³/mol. The molecule has 2 rings (SSSR count). The van der Waals surface area contributed by atoms with Crippen molar-refractivity contribution < 1.29 is 19.2 Å². The van der Waals surface area contributed by atoms with E-state index in [-0.39, 0.29) is 23.8 Å². The normalized spacial score (nSPS) is 10.3. The number of amides is 2. The SMILES string of the molecule is COC(=O)N(C)CCCC(=O)Nc1nccc2c([N+](=O)[O-])cccc12. The van der Waals surface area contributed by atoms with Crippen LogP contribution in [0.5, 0.6) is 0 Å². The number of nitrogens with one attached hydrogen (secondary N) is 1. The molecular formula is C16H18N4O5. The first-order valence-electron chi connectivity index (χ1n) is 7.55. The zero-order chi connectivity index (χ0) is 18.4. The molecule has 0 aliphatic carbocycles. The van der Waals surface area contributed by atoms with Crippen molar-refractivity contribution in [2.75, 3.05) is 26.0 Å². The number of aromatic nitrogens is 1. The Hall–Kier alpha value is -3.23. The number of carbonyl (C=O) groups excluding carboxylic acids is 2. The minimum Gasteiger partial charge on any atom is -0.453 e. The number of pyridine rings is 1. The molecule has 25 heavy (non-hydrogen) atoms. The molecule has 0 saturated heterocycles. The van der Waals surface area contributed by atoms with Crippen molar-refractivity contribution in [2.45, 2.75) is 12.8 Å². The molecule has 1 N–H and O–H groups in total. The molecule has 0 unspecified atom stereocenters. The highest BCUT2D eigenvalue weighted by Gasteiger charge is 2.15. The van der Waals surface area contributed by atoms with Crippen LogP contribution >= 0.6 is 0 Å². The molecule has 0 atom stereocenters. The first-order valence-corrected chi connectivity index (χ1v) is 7.55. The van der Waals surface area contributed by atoms with Crippen molar-refractivity contribution in [2.24, 2.45) is 0 Å². The maximum absolute atomic E-state index is 12.1. The quantitative estimate of drug-likeness (QED) is 0.635. The predicted octanol–water partition coefficient (Wildman–Crippen LogP) is 2.56. The van der Waals surface area contributed by atoms with Crippen LogP contribution in [0.25, 0.3) is 10.8 Å². The Labute approximate surface area is 143 Å². The summed E-state index contributed by atoms with van der Waals surface area (Å²) in [5, 5.41) is 14.7. The molecule has 0 radical (unpaired) electrons. The van der Waals surface area contributed by atoms with Gasteiger partial charge in [-0.2, -0.15) is 0 Å². The van der Waals surface area contributed by atoms with Crippen molar-refractivity contribution in [1.29, 1.82) is 0 Å². The van der Waals surface area contributed by atoms with E-state index in [1.54, 1.807) is 19.2 Å². The monoisotopic (exact) mass is 346 g/mol. The van der Waals surface area contributed by atoms with Gasteiger partial charge in [0.25, 0.3) is 5.69 Å². The Bertz CT molecular complexity index is 808. The van der Waals surface area contributed by atoms with Crippen LogP contribution in [-0.2, 0) is 9.53 Å². The first kappa shape index (κ1) is 18.1. The number of rotatable bonds is 6. The van der Waals surface area contributed by atoms with Crippen molar-refractivity contribution in [1.82, 2.24) is 9.88 Å². The van der Waals surface area contributed by atoms with E-state index < -0.39 is 11.0 Å². The van der Waals surface area contributed by atoms with Crippen LogP contribution in [0, 0.1) is 10.1 Å². The number of methoxy groups -OCH3 is 1. The van der Waals surface area contributed by atoms with E-state index >= 15 is 0 Å². The number of anilines is 1. The molecule has 0 aliphatic heterocycles. The standard InChI is InChI=1S/C16H18N4O5/c1-19(16(22)25-2)10-4-7-14(21)18-15-12-5-3-6-13(20(23)24)11(12)8-9-17-15/h3,5-6,8-9H,4,7,10H2,1-2H3,(H,17,18,21). The highest BCUT2D eigenvalue weighted by Crippen LogP contribution is 2.28. The van der Waals surface area contributed by atoms with Gasteiger partial charge in [-0.3, -0.25) is 14.9 Å². The van der Waals surface area contributed by atoms with Gasteiger partial charge in [-0.1, -0.05) is 12.1 Å². The summed E-state index contributed by atoms with van der Waals surface area (Å²) in [6.07, 6.45) is 1.57. The molecule has 0 aliphatic rings. The second-order valence-electron chi connectivity index (χ2n) is 5.33. The topological polar surface area (TPSA) is 115 Å². The van der Waals surface area contributed by atoms with Gasteiger partial charge in [-0.05, 0) is 12.5 Å². The Morgan fingerprint density at radius 2 is 2.08 bits per heavy atom. The summed E-state index contributed by atoms with van der Waals surface area (Å²) in [5.41, 5.74) is -0.0462. The van der Waals surface area contributed by atoms with Crippen LogP contribution in [0.4, 0.5) is 16.3 Å². The molecule has 2 aromatic rings. The second kappa shape index (κ2) is 8.04. The lowest BCUT2D eigenvalue weighted by atomic mass is 10.1. The molecule has 0 spiro atoms. The number of hydrogen-bond acceptors (Lipinski definition) is 6. The van der Waals surface area contributed by atoms with Gasteiger partial charge in [-0.15, -0.1) is 0 Å². The van der Waals surface area contributed by atoms with Gasteiger partial charge in [0.1, 0.15) is 5.82 Å². The highest BCUT2D eigenvalue weighted by molar-refractivity contribution is 6.03. The van der Waals surface area contributed by atoms with Gasteiger partial charge in [0.05, 0.1) is 17.4 Å². The number of non-ortho nitro benzene ring substituents is 1. The van der Waals surface area contributed by atoms with Crippen molar-refractivity contribution >= 4 is 34.3 Å². The minimum atomic E-state index is -0.476. The maximum atomic E-state index is 12.1. The largest absolute Gasteiger partial charge is 0.453 e. The van der Waals surface area contributed by atoms with Gasteiger partial charge in [0.2, 0.25) is 5.91 Å². The molecule has 0 bridgehead atoms. The lowest BCUT2D eigenvalue weighted by Gasteiger charge is -2.14. The number of benzene rings is 1. The van der Waals surface area contributed by atoms with Crippen molar-refractivity contribution in [3.05, 3.63) is 40.6 Å². The summed E-state index contributed by atoms with van der Waals surface area (Å²) in [6.45, 7) is 0.370.